The fraction of sp³-hybridized carbons (Fsp3) is 0.333. The van der Waals surface area contributed by atoms with E-state index in [1.54, 1.807) is 12.1 Å². The van der Waals surface area contributed by atoms with Gasteiger partial charge >= 0.3 is 0 Å². The summed E-state index contributed by atoms with van der Waals surface area (Å²) in [6.07, 6.45) is 0.984. The smallest absolute Gasteiger partial charge is 0.284 e. The number of nitrogens with one attached hydrogen (secondary N) is 2. The van der Waals surface area contributed by atoms with Gasteiger partial charge in [0.25, 0.3) is 5.91 Å². The molecule has 0 unspecified atom stereocenters. The number of hydrogen-bond acceptors (Lipinski definition) is 3. The van der Waals surface area contributed by atoms with E-state index in [0.717, 1.165) is 13.0 Å². The first-order valence-electron chi connectivity index (χ1n) is 8.11. The minimum atomic E-state index is -0.571. The van der Waals surface area contributed by atoms with E-state index in [2.05, 4.69) is 34.7 Å². The summed E-state index contributed by atoms with van der Waals surface area (Å²) in [5.41, 5.74) is 7.70. The molecular weight excluding hydrogens is 431 g/mol. The molecule has 0 saturated carbocycles. The van der Waals surface area contributed by atoms with Gasteiger partial charge in [0.1, 0.15) is 5.76 Å². The van der Waals surface area contributed by atoms with Crippen LogP contribution in [0, 0.1) is 0 Å². The Bertz CT molecular complexity index is 713. The van der Waals surface area contributed by atoms with Gasteiger partial charge in [0.2, 0.25) is 0 Å². The van der Waals surface area contributed by atoms with Crippen LogP contribution in [0.3, 0.4) is 0 Å². The Labute approximate surface area is 165 Å². The Morgan fingerprint density at radius 2 is 1.84 bits per heavy atom. The molecule has 0 radical (unpaired) electrons. The maximum atomic E-state index is 11.0. The molecule has 0 fully saturated rings. The van der Waals surface area contributed by atoms with Gasteiger partial charge in [-0.05, 0) is 36.6 Å². The van der Waals surface area contributed by atoms with E-state index in [1.165, 1.54) is 11.1 Å². The summed E-state index contributed by atoms with van der Waals surface area (Å²) in [6.45, 7) is 5.93. The highest BCUT2D eigenvalue weighted by Gasteiger charge is 2.07. The number of primary amides is 1. The predicted octanol–water partition coefficient (Wildman–Crippen LogP) is 2.81. The number of nitrogens with two attached hydrogens (primary N) is 1. The van der Waals surface area contributed by atoms with Crippen LogP contribution in [0.2, 0.25) is 0 Å². The first-order valence-corrected chi connectivity index (χ1v) is 8.11. The molecule has 0 spiro atoms. The monoisotopic (exact) mass is 456 g/mol. The van der Waals surface area contributed by atoms with E-state index >= 15 is 0 Å². The van der Waals surface area contributed by atoms with Gasteiger partial charge in [0.05, 0.1) is 13.1 Å². The van der Waals surface area contributed by atoms with Gasteiger partial charge < -0.3 is 20.8 Å². The minimum absolute atomic E-state index is 0. The molecule has 25 heavy (non-hydrogen) atoms. The molecule has 0 bridgehead atoms. The van der Waals surface area contributed by atoms with E-state index in [-0.39, 0.29) is 29.7 Å². The number of aryl methyl sites for hydroxylation is 1. The molecule has 1 heterocycles. The van der Waals surface area contributed by atoms with Crippen molar-refractivity contribution < 1.29 is 9.21 Å². The fourth-order valence-corrected chi connectivity index (χ4v) is 2.34. The normalized spacial score (nSPS) is 10.9. The van der Waals surface area contributed by atoms with Gasteiger partial charge in [0, 0.05) is 6.54 Å². The Morgan fingerprint density at radius 1 is 1.12 bits per heavy atom. The lowest BCUT2D eigenvalue weighted by Gasteiger charge is -2.11. The second kappa shape index (κ2) is 10.8. The highest BCUT2D eigenvalue weighted by atomic mass is 127. The van der Waals surface area contributed by atoms with Crippen molar-refractivity contribution in [1.82, 2.24) is 10.6 Å². The number of aliphatic imine (C=N–C) groups is 1. The van der Waals surface area contributed by atoms with Crippen LogP contribution < -0.4 is 16.4 Å². The SMILES string of the molecule is CCNC(=NCc1ccccc1CC)NCc1ccc(C(N)=O)o1.I. The quantitative estimate of drug-likeness (QED) is 0.340. The maximum Gasteiger partial charge on any atom is 0.284 e. The molecule has 1 aromatic carbocycles. The fourth-order valence-electron chi connectivity index (χ4n) is 2.34. The molecule has 0 atom stereocenters. The summed E-state index contributed by atoms with van der Waals surface area (Å²) in [5.74, 6) is 0.910. The highest BCUT2D eigenvalue weighted by molar-refractivity contribution is 14.0. The number of guanidine groups is 1. The third kappa shape index (κ3) is 6.41. The highest BCUT2D eigenvalue weighted by Crippen LogP contribution is 2.11. The molecule has 7 heteroatoms. The molecule has 0 aliphatic carbocycles. The van der Waals surface area contributed by atoms with Crippen LogP contribution in [-0.2, 0) is 19.5 Å². The van der Waals surface area contributed by atoms with E-state index in [0.29, 0.717) is 24.8 Å². The third-order valence-electron chi connectivity index (χ3n) is 3.59. The van der Waals surface area contributed by atoms with Crippen LogP contribution in [0.25, 0.3) is 0 Å². The second-order valence-corrected chi connectivity index (χ2v) is 5.30. The van der Waals surface area contributed by atoms with Gasteiger partial charge in [-0.2, -0.15) is 0 Å². The number of benzene rings is 1. The van der Waals surface area contributed by atoms with Crippen LogP contribution in [0.4, 0.5) is 0 Å². The first-order chi connectivity index (χ1) is 11.6. The average Bonchev–Trinajstić information content (AvgIpc) is 3.07. The Morgan fingerprint density at radius 3 is 2.44 bits per heavy atom. The summed E-state index contributed by atoms with van der Waals surface area (Å²) < 4.78 is 5.35. The summed E-state index contributed by atoms with van der Waals surface area (Å²) in [6, 6.07) is 11.6. The van der Waals surface area contributed by atoms with Gasteiger partial charge in [-0.1, -0.05) is 31.2 Å². The summed E-state index contributed by atoms with van der Waals surface area (Å²) in [7, 11) is 0. The van der Waals surface area contributed by atoms with E-state index in [1.807, 2.05) is 19.1 Å². The van der Waals surface area contributed by atoms with Crippen molar-refractivity contribution in [2.75, 3.05) is 6.54 Å². The largest absolute Gasteiger partial charge is 0.454 e. The van der Waals surface area contributed by atoms with Crippen molar-refractivity contribution in [2.24, 2.45) is 10.7 Å². The molecule has 1 aromatic heterocycles. The summed E-state index contributed by atoms with van der Waals surface area (Å²) >= 11 is 0. The predicted molar refractivity (Wildman–Crippen MR) is 110 cm³/mol. The number of carbonyl (C=O) groups is 1. The summed E-state index contributed by atoms with van der Waals surface area (Å²) in [4.78, 5) is 15.7. The second-order valence-electron chi connectivity index (χ2n) is 5.30. The molecule has 0 saturated heterocycles. The van der Waals surface area contributed by atoms with Gasteiger partial charge in [0.15, 0.2) is 11.7 Å². The maximum absolute atomic E-state index is 11.0. The standard InChI is InChI=1S/C18H24N4O2.HI/c1-3-13-7-5-6-8-14(13)11-21-18(20-4-2)22-12-15-9-10-16(24-15)17(19)23;/h5-10H,3-4,11-12H2,1-2H3,(H2,19,23)(H2,20,21,22);1H. The van der Waals surface area contributed by atoms with Gasteiger partial charge in [-0.3, -0.25) is 4.79 Å². The number of halogens is 1. The molecule has 0 aliphatic rings. The first kappa shape index (κ1) is 21.0. The molecular formula is C18H25IN4O2. The topological polar surface area (TPSA) is 92.6 Å². The number of carbonyl (C=O) groups excluding carboxylic acids is 1. The Balaban J connectivity index is 0.00000312. The van der Waals surface area contributed by atoms with Gasteiger partial charge in [-0.15, -0.1) is 24.0 Å². The van der Waals surface area contributed by atoms with Crippen molar-refractivity contribution >= 4 is 35.8 Å². The van der Waals surface area contributed by atoms with Gasteiger partial charge in [-0.25, -0.2) is 4.99 Å². The average molecular weight is 456 g/mol. The van der Waals surface area contributed by atoms with Crippen molar-refractivity contribution in [3.63, 3.8) is 0 Å². The molecule has 1 amide bonds. The number of nitrogens with zero attached hydrogens (tertiary/aromatic N) is 1. The van der Waals surface area contributed by atoms with E-state index < -0.39 is 5.91 Å². The molecule has 2 aromatic rings. The summed E-state index contributed by atoms with van der Waals surface area (Å²) in [5, 5.41) is 6.39. The molecule has 4 N–H and O–H groups in total. The number of furan rings is 1. The molecule has 6 nitrogen and oxygen atoms in total. The van der Waals surface area contributed by atoms with Crippen molar-refractivity contribution in [1.29, 1.82) is 0 Å². The van der Waals surface area contributed by atoms with E-state index in [4.69, 9.17) is 10.2 Å². The Kier molecular flexibility index (Phi) is 9.04. The molecule has 0 aliphatic heterocycles. The lowest BCUT2D eigenvalue weighted by atomic mass is 10.1. The van der Waals surface area contributed by atoms with Crippen LogP contribution >= 0.6 is 24.0 Å². The zero-order valence-electron chi connectivity index (χ0n) is 14.5. The van der Waals surface area contributed by atoms with Crippen LogP contribution in [-0.4, -0.2) is 18.4 Å². The van der Waals surface area contributed by atoms with Crippen LogP contribution in [0.15, 0.2) is 45.8 Å². The van der Waals surface area contributed by atoms with Crippen molar-refractivity contribution in [3.8, 4) is 0 Å². The van der Waals surface area contributed by atoms with Crippen LogP contribution in [0.1, 0.15) is 41.3 Å². The lowest BCUT2D eigenvalue weighted by molar-refractivity contribution is 0.0972. The number of rotatable bonds is 7. The number of hydrogen-bond donors (Lipinski definition) is 3. The third-order valence-corrected chi connectivity index (χ3v) is 3.59. The van der Waals surface area contributed by atoms with Crippen molar-refractivity contribution in [2.45, 2.75) is 33.4 Å². The van der Waals surface area contributed by atoms with E-state index in [9.17, 15) is 4.79 Å². The van der Waals surface area contributed by atoms with Crippen LogP contribution in [0.5, 0.6) is 0 Å². The Hall–Kier alpha value is -2.03. The zero-order valence-corrected chi connectivity index (χ0v) is 16.9. The lowest BCUT2D eigenvalue weighted by Crippen LogP contribution is -2.36. The molecule has 2 rings (SSSR count). The minimum Gasteiger partial charge on any atom is -0.454 e. The zero-order chi connectivity index (χ0) is 17.4. The number of amides is 1. The van der Waals surface area contributed by atoms with Crippen molar-refractivity contribution in [3.05, 3.63) is 59.0 Å². The molecule has 136 valence electrons.